The number of nitrogens with zero attached hydrogens (tertiary/aromatic N) is 2. The van der Waals surface area contributed by atoms with Crippen molar-refractivity contribution in [1.82, 2.24) is 15.0 Å². The minimum atomic E-state index is -0.0916. The van der Waals surface area contributed by atoms with Gasteiger partial charge in [-0.2, -0.15) is 0 Å². The molecule has 0 aliphatic heterocycles. The van der Waals surface area contributed by atoms with Crippen molar-refractivity contribution in [3.8, 4) is 11.5 Å². The molecule has 0 bridgehead atoms. The summed E-state index contributed by atoms with van der Waals surface area (Å²) in [6.45, 7) is 0. The number of nitrogens with one attached hydrogen (secondary N) is 2. The maximum Gasteiger partial charge on any atom is 0.195 e. The van der Waals surface area contributed by atoms with Gasteiger partial charge in [0.1, 0.15) is 29.3 Å². The highest BCUT2D eigenvalue weighted by Crippen LogP contribution is 2.29. The molecule has 0 radical (unpaired) electrons. The molecule has 4 N–H and O–H groups in total. The Labute approximate surface area is 186 Å². The average Bonchev–Trinajstić information content (AvgIpc) is 3.27. The van der Waals surface area contributed by atoms with Crippen LogP contribution in [-0.4, -0.2) is 32.8 Å². The molecule has 2 heterocycles. The van der Waals surface area contributed by atoms with Crippen LogP contribution in [0.1, 0.15) is 41.6 Å². The fraction of sp³-hybridized carbons (Fsp3) is 0.240. The fourth-order valence-electron chi connectivity index (χ4n) is 4.16. The Morgan fingerprint density at radius 2 is 1.69 bits per heavy atom. The number of carbonyl (C=O) groups is 1. The van der Waals surface area contributed by atoms with Crippen LogP contribution in [0.4, 0.5) is 5.82 Å². The van der Waals surface area contributed by atoms with Crippen LogP contribution in [0.15, 0.2) is 67.1 Å². The van der Waals surface area contributed by atoms with E-state index in [9.17, 15) is 4.79 Å². The topological polar surface area (TPSA) is 106 Å². The lowest BCUT2D eigenvalue weighted by molar-refractivity contribution is 0.104. The number of para-hydroxylation sites is 1. The lowest BCUT2D eigenvalue weighted by atomic mass is 9.92. The van der Waals surface area contributed by atoms with E-state index in [-0.39, 0.29) is 11.8 Å². The molecule has 7 heteroatoms. The highest BCUT2D eigenvalue weighted by Gasteiger charge is 2.22. The second kappa shape index (κ2) is 8.80. The summed E-state index contributed by atoms with van der Waals surface area (Å²) in [5, 5.41) is 4.23. The minimum absolute atomic E-state index is 0.0916. The van der Waals surface area contributed by atoms with Gasteiger partial charge in [-0.05, 0) is 62.1 Å². The number of H-pyrrole nitrogens is 1. The molecule has 0 atom stereocenters. The molecule has 1 fully saturated rings. The van der Waals surface area contributed by atoms with E-state index in [1.54, 1.807) is 30.5 Å². The Kier molecular flexibility index (Phi) is 5.56. The predicted octanol–water partition coefficient (Wildman–Crippen LogP) is 4.66. The first-order valence-corrected chi connectivity index (χ1v) is 10.9. The van der Waals surface area contributed by atoms with Crippen LogP contribution in [0.25, 0.3) is 11.0 Å². The van der Waals surface area contributed by atoms with Gasteiger partial charge in [0.05, 0.1) is 10.9 Å². The Hall–Kier alpha value is -3.71. The number of fused-ring (bicyclic) bond motifs is 1. The maximum absolute atomic E-state index is 13.3. The number of benzene rings is 2. The number of rotatable bonds is 6. The Balaban J connectivity index is 1.39. The number of anilines is 1. The SMILES string of the molecule is NC1CCC(Nc2ncnc3[nH]cc(C(=O)c4ccc(Oc5ccccc5)cc4)c23)CC1. The smallest absolute Gasteiger partial charge is 0.195 e. The van der Waals surface area contributed by atoms with Crippen LogP contribution < -0.4 is 15.8 Å². The van der Waals surface area contributed by atoms with Gasteiger partial charge in [0.2, 0.25) is 0 Å². The van der Waals surface area contributed by atoms with Crippen LogP contribution in [-0.2, 0) is 0 Å². The lowest BCUT2D eigenvalue weighted by Crippen LogP contribution is -2.33. The average molecular weight is 428 g/mol. The number of aromatic amines is 1. The van der Waals surface area contributed by atoms with Crippen LogP contribution in [0.2, 0.25) is 0 Å². The standard InChI is InChI=1S/C25H25N5O2/c26-17-8-10-18(11-9-17)30-25-22-21(14-27-24(22)28-15-29-25)23(31)16-6-12-20(13-7-16)32-19-4-2-1-3-5-19/h1-7,12-15,17-18H,8-11,26H2,(H2,27,28,29,30). The Bertz CT molecular complexity index is 1210. The van der Waals surface area contributed by atoms with E-state index in [0.29, 0.717) is 34.4 Å². The van der Waals surface area contributed by atoms with Crippen molar-refractivity contribution in [3.05, 3.63) is 78.2 Å². The summed E-state index contributed by atoms with van der Waals surface area (Å²) in [6.07, 6.45) is 7.18. The van der Waals surface area contributed by atoms with Crippen molar-refractivity contribution in [3.63, 3.8) is 0 Å². The predicted molar refractivity (Wildman–Crippen MR) is 124 cm³/mol. The minimum Gasteiger partial charge on any atom is -0.457 e. The van der Waals surface area contributed by atoms with Gasteiger partial charge in [-0.15, -0.1) is 0 Å². The highest BCUT2D eigenvalue weighted by atomic mass is 16.5. The highest BCUT2D eigenvalue weighted by molar-refractivity contribution is 6.18. The van der Waals surface area contributed by atoms with Gasteiger partial charge in [-0.25, -0.2) is 9.97 Å². The molecule has 2 aromatic carbocycles. The summed E-state index contributed by atoms with van der Waals surface area (Å²) in [5.41, 5.74) is 7.80. The second-order valence-electron chi connectivity index (χ2n) is 8.17. The van der Waals surface area contributed by atoms with Gasteiger partial charge in [-0.1, -0.05) is 18.2 Å². The zero-order chi connectivity index (χ0) is 21.9. The molecule has 1 aliphatic rings. The van der Waals surface area contributed by atoms with Crippen LogP contribution in [0.5, 0.6) is 11.5 Å². The molecule has 1 aliphatic carbocycles. The van der Waals surface area contributed by atoms with Crippen molar-refractivity contribution in [2.45, 2.75) is 37.8 Å². The van der Waals surface area contributed by atoms with Gasteiger partial charge in [0.25, 0.3) is 0 Å². The number of carbonyl (C=O) groups excluding carboxylic acids is 1. The number of nitrogens with two attached hydrogens (primary N) is 1. The number of ketones is 1. The summed E-state index contributed by atoms with van der Waals surface area (Å²) in [7, 11) is 0. The quantitative estimate of drug-likeness (QED) is 0.386. The van der Waals surface area contributed by atoms with E-state index < -0.39 is 0 Å². The summed E-state index contributed by atoms with van der Waals surface area (Å²) >= 11 is 0. The summed E-state index contributed by atoms with van der Waals surface area (Å²) in [5.74, 6) is 2.02. The second-order valence-corrected chi connectivity index (χ2v) is 8.17. The molecule has 5 rings (SSSR count). The number of aromatic nitrogens is 3. The molecule has 0 amide bonds. The van der Waals surface area contributed by atoms with Gasteiger partial charge >= 0.3 is 0 Å². The van der Waals surface area contributed by atoms with Gasteiger partial charge < -0.3 is 20.8 Å². The van der Waals surface area contributed by atoms with Gasteiger partial charge in [0, 0.05) is 23.8 Å². The number of hydrogen-bond acceptors (Lipinski definition) is 6. The fourth-order valence-corrected chi connectivity index (χ4v) is 4.16. The molecular formula is C25H25N5O2. The summed E-state index contributed by atoms with van der Waals surface area (Å²) in [4.78, 5) is 25.2. The number of ether oxygens (including phenoxy) is 1. The molecule has 0 saturated heterocycles. The van der Waals surface area contributed by atoms with E-state index >= 15 is 0 Å². The van der Waals surface area contributed by atoms with Crippen molar-refractivity contribution in [2.75, 3.05) is 5.32 Å². The Morgan fingerprint density at radius 3 is 2.44 bits per heavy atom. The molecule has 2 aromatic heterocycles. The first-order valence-electron chi connectivity index (χ1n) is 10.9. The van der Waals surface area contributed by atoms with E-state index in [4.69, 9.17) is 10.5 Å². The third-order valence-electron chi connectivity index (χ3n) is 5.92. The largest absolute Gasteiger partial charge is 0.457 e. The first-order chi connectivity index (χ1) is 15.7. The summed E-state index contributed by atoms with van der Waals surface area (Å²) < 4.78 is 5.83. The first kappa shape index (κ1) is 20.2. The van der Waals surface area contributed by atoms with Crippen molar-refractivity contribution in [2.24, 2.45) is 5.73 Å². The van der Waals surface area contributed by atoms with E-state index in [1.807, 2.05) is 30.3 Å². The maximum atomic E-state index is 13.3. The third-order valence-corrected chi connectivity index (χ3v) is 5.92. The Morgan fingerprint density at radius 1 is 0.969 bits per heavy atom. The molecule has 0 unspecified atom stereocenters. The van der Waals surface area contributed by atoms with Gasteiger partial charge in [-0.3, -0.25) is 4.79 Å². The monoisotopic (exact) mass is 427 g/mol. The zero-order valence-corrected chi connectivity index (χ0v) is 17.6. The lowest BCUT2D eigenvalue weighted by Gasteiger charge is -2.27. The summed E-state index contributed by atoms with van der Waals surface area (Å²) in [6, 6.07) is 17.3. The van der Waals surface area contributed by atoms with Gasteiger partial charge in [0.15, 0.2) is 5.78 Å². The third kappa shape index (κ3) is 4.20. The van der Waals surface area contributed by atoms with E-state index in [1.165, 1.54) is 6.33 Å². The number of hydrogen-bond donors (Lipinski definition) is 3. The molecule has 32 heavy (non-hydrogen) atoms. The van der Waals surface area contributed by atoms with Crippen LogP contribution >= 0.6 is 0 Å². The van der Waals surface area contributed by atoms with Crippen LogP contribution in [0, 0.1) is 0 Å². The van der Waals surface area contributed by atoms with Crippen molar-refractivity contribution < 1.29 is 9.53 Å². The normalized spacial score (nSPS) is 18.4. The molecule has 4 aromatic rings. The molecular weight excluding hydrogens is 402 g/mol. The van der Waals surface area contributed by atoms with E-state index in [0.717, 1.165) is 36.8 Å². The molecule has 162 valence electrons. The molecule has 7 nitrogen and oxygen atoms in total. The van der Waals surface area contributed by atoms with Crippen molar-refractivity contribution in [1.29, 1.82) is 0 Å². The van der Waals surface area contributed by atoms with Crippen LogP contribution in [0.3, 0.4) is 0 Å². The van der Waals surface area contributed by atoms with Crippen molar-refractivity contribution >= 4 is 22.6 Å². The molecule has 0 spiro atoms. The molecule has 1 saturated carbocycles. The van der Waals surface area contributed by atoms with E-state index in [2.05, 4.69) is 20.3 Å². The zero-order valence-electron chi connectivity index (χ0n) is 17.6.